The van der Waals surface area contributed by atoms with Gasteiger partial charge in [-0.1, -0.05) is 188 Å². The topological polar surface area (TPSA) is 38.7 Å². The maximum Gasteiger partial charge on any atom is 0.160 e. The minimum Gasteiger partial charge on any atom is -0.246 e. The molecule has 0 aliphatic rings. The first-order valence-corrected chi connectivity index (χ1v) is 21.4. The van der Waals surface area contributed by atoms with Crippen LogP contribution in [0, 0.1) is 0 Å². The summed E-state index contributed by atoms with van der Waals surface area (Å²) in [6.45, 7) is 0. The third-order valence-corrected chi connectivity index (χ3v) is 13.1. The van der Waals surface area contributed by atoms with Crippen LogP contribution in [0.25, 0.3) is 120 Å². The summed E-state index contributed by atoms with van der Waals surface area (Å²) in [5.74, 6) is 0.689. The monoisotopic (exact) mass is 793 g/mol. The number of nitrogens with zero attached hydrogens (tertiary/aromatic N) is 3. The number of hydrogen-bond donors (Lipinski definition) is 0. The van der Waals surface area contributed by atoms with Crippen molar-refractivity contribution in [2.24, 2.45) is 0 Å². The van der Waals surface area contributed by atoms with Crippen LogP contribution < -0.4 is 0 Å². The average molecular weight is 794 g/mol. The Morgan fingerprint density at radius 1 is 0.328 bits per heavy atom. The van der Waals surface area contributed by atoms with Gasteiger partial charge in [-0.25, -0.2) is 15.0 Å². The van der Waals surface area contributed by atoms with Crippen LogP contribution in [0.2, 0.25) is 0 Å². The zero-order valence-electron chi connectivity index (χ0n) is 33.0. The maximum absolute atomic E-state index is 5.57. The highest BCUT2D eigenvalue weighted by Crippen LogP contribution is 2.46. The Morgan fingerprint density at radius 3 is 1.59 bits per heavy atom. The summed E-state index contributed by atoms with van der Waals surface area (Å²) in [7, 11) is 0. The van der Waals surface area contributed by atoms with Gasteiger partial charge in [0.05, 0.1) is 27.3 Å². The summed E-state index contributed by atoms with van der Waals surface area (Å²) < 4.78 is 2.49. The van der Waals surface area contributed by atoms with E-state index in [-0.39, 0.29) is 0 Å². The molecule has 4 heteroatoms. The van der Waals surface area contributed by atoms with Crippen LogP contribution in [0.4, 0.5) is 0 Å². The van der Waals surface area contributed by atoms with E-state index in [1.54, 1.807) is 0 Å². The Labute approximate surface area is 356 Å². The zero-order valence-corrected chi connectivity index (χ0v) is 33.8. The quantitative estimate of drug-likeness (QED) is 0.157. The third-order valence-electron chi connectivity index (χ3n) is 11.9. The Kier molecular flexibility index (Phi) is 8.36. The molecule has 3 heterocycles. The number of benzene rings is 9. The first-order valence-electron chi connectivity index (χ1n) is 20.6. The Bertz CT molecular complexity index is 3610. The normalized spacial score (nSPS) is 11.6. The standard InChI is InChI=1S/C57H35N3S/c1-3-13-36(14-4-1)37-23-27-40(28-24-37)51-35-50(39-15-5-2-6-16-39)59-57(60-51)41-29-25-38(26-30-41)42-31-32-47-52(34-42)58-55(56-54(47)48-21-11-12-22-53(48)61-56)49-33-43-17-7-8-18-44(43)45-19-9-10-20-46(45)49/h1-35H. The Morgan fingerprint density at radius 2 is 0.852 bits per heavy atom. The molecule has 0 fully saturated rings. The van der Waals surface area contributed by atoms with Gasteiger partial charge in [-0.2, -0.15) is 0 Å². The van der Waals surface area contributed by atoms with Crippen LogP contribution in [0.15, 0.2) is 212 Å². The highest BCUT2D eigenvalue weighted by molar-refractivity contribution is 7.26. The summed E-state index contributed by atoms with van der Waals surface area (Å²) in [5.41, 5.74) is 12.6. The molecule has 0 amide bonds. The molecule has 0 saturated heterocycles. The molecule has 3 aromatic heterocycles. The molecule has 0 N–H and O–H groups in total. The highest BCUT2D eigenvalue weighted by atomic mass is 32.1. The van der Waals surface area contributed by atoms with E-state index in [1.807, 2.05) is 23.5 Å². The number of hydrogen-bond acceptors (Lipinski definition) is 4. The van der Waals surface area contributed by atoms with E-state index in [1.165, 1.54) is 52.8 Å². The van der Waals surface area contributed by atoms with Crippen molar-refractivity contribution >= 4 is 64.0 Å². The minimum absolute atomic E-state index is 0.689. The number of aromatic nitrogens is 3. The lowest BCUT2D eigenvalue weighted by Gasteiger charge is -2.13. The van der Waals surface area contributed by atoms with Crippen molar-refractivity contribution < 1.29 is 0 Å². The molecule has 0 bridgehead atoms. The summed E-state index contributed by atoms with van der Waals surface area (Å²) in [6, 6.07) is 75.5. The fourth-order valence-electron chi connectivity index (χ4n) is 8.86. The van der Waals surface area contributed by atoms with E-state index in [4.69, 9.17) is 15.0 Å². The highest BCUT2D eigenvalue weighted by Gasteiger charge is 2.19. The van der Waals surface area contributed by atoms with Gasteiger partial charge in [0.15, 0.2) is 5.82 Å². The fourth-order valence-corrected chi connectivity index (χ4v) is 10.1. The van der Waals surface area contributed by atoms with Crippen molar-refractivity contribution in [1.29, 1.82) is 0 Å². The van der Waals surface area contributed by atoms with Gasteiger partial charge >= 0.3 is 0 Å². The summed E-state index contributed by atoms with van der Waals surface area (Å²) >= 11 is 1.84. The van der Waals surface area contributed by atoms with Gasteiger partial charge in [0.2, 0.25) is 0 Å². The van der Waals surface area contributed by atoms with E-state index in [2.05, 4.69) is 200 Å². The van der Waals surface area contributed by atoms with Crippen molar-refractivity contribution in [3.8, 4) is 67.4 Å². The third kappa shape index (κ3) is 6.16. The number of thiophene rings is 1. The molecule has 284 valence electrons. The van der Waals surface area contributed by atoms with E-state index in [0.717, 1.165) is 61.4 Å². The molecule has 0 spiro atoms. The first-order chi connectivity index (χ1) is 30.2. The van der Waals surface area contributed by atoms with Gasteiger partial charge in [0, 0.05) is 43.1 Å². The lowest BCUT2D eigenvalue weighted by Crippen LogP contribution is -1.96. The fraction of sp³-hybridized carbons (Fsp3) is 0. The van der Waals surface area contributed by atoms with Crippen LogP contribution in [-0.2, 0) is 0 Å². The van der Waals surface area contributed by atoms with Gasteiger partial charge < -0.3 is 0 Å². The first kappa shape index (κ1) is 35.2. The number of rotatable bonds is 6. The van der Waals surface area contributed by atoms with Gasteiger partial charge in [-0.3, -0.25) is 0 Å². The van der Waals surface area contributed by atoms with Crippen molar-refractivity contribution in [2.45, 2.75) is 0 Å². The van der Waals surface area contributed by atoms with Crippen molar-refractivity contribution in [3.05, 3.63) is 212 Å². The summed E-state index contributed by atoms with van der Waals surface area (Å²) in [5, 5.41) is 8.62. The largest absolute Gasteiger partial charge is 0.246 e. The van der Waals surface area contributed by atoms with Crippen LogP contribution >= 0.6 is 11.3 Å². The molecule has 3 nitrogen and oxygen atoms in total. The number of pyridine rings is 1. The van der Waals surface area contributed by atoms with Crippen LogP contribution in [0.1, 0.15) is 0 Å². The molecule has 0 unspecified atom stereocenters. The molecule has 12 rings (SSSR count). The van der Waals surface area contributed by atoms with Gasteiger partial charge in [0.1, 0.15) is 0 Å². The molecule has 0 saturated carbocycles. The van der Waals surface area contributed by atoms with E-state index in [0.29, 0.717) is 5.82 Å². The molecule has 12 aromatic rings. The van der Waals surface area contributed by atoms with E-state index < -0.39 is 0 Å². The van der Waals surface area contributed by atoms with Crippen molar-refractivity contribution in [1.82, 2.24) is 15.0 Å². The summed E-state index contributed by atoms with van der Waals surface area (Å²) in [4.78, 5) is 15.8. The second-order valence-corrected chi connectivity index (χ2v) is 16.6. The predicted octanol–water partition coefficient (Wildman–Crippen LogP) is 15.7. The number of fused-ring (bicyclic) bond motifs is 8. The Hall–Kier alpha value is -7.79. The van der Waals surface area contributed by atoms with Crippen LogP contribution in [0.5, 0.6) is 0 Å². The van der Waals surface area contributed by atoms with Crippen LogP contribution in [-0.4, -0.2) is 15.0 Å². The van der Waals surface area contributed by atoms with E-state index >= 15 is 0 Å². The molecular weight excluding hydrogens is 759 g/mol. The van der Waals surface area contributed by atoms with E-state index in [9.17, 15) is 0 Å². The van der Waals surface area contributed by atoms with Crippen LogP contribution in [0.3, 0.4) is 0 Å². The molecule has 0 radical (unpaired) electrons. The van der Waals surface area contributed by atoms with Gasteiger partial charge in [-0.15, -0.1) is 11.3 Å². The molecule has 0 atom stereocenters. The molecule has 0 aliphatic heterocycles. The molecule has 9 aromatic carbocycles. The zero-order chi connectivity index (χ0) is 40.3. The molecular formula is C57H35N3S. The SMILES string of the molecule is c1ccc(-c2ccc(-c3cc(-c4ccccc4)nc(-c4ccc(-c5ccc6c(c5)nc(-c5cc7ccccc7c7ccccc57)c5sc7ccccc7c56)cc4)n3)cc2)cc1. The second kappa shape index (κ2) is 14.5. The van der Waals surface area contributed by atoms with Gasteiger partial charge in [0.25, 0.3) is 0 Å². The second-order valence-electron chi connectivity index (χ2n) is 15.5. The maximum atomic E-state index is 5.57. The van der Waals surface area contributed by atoms with Crippen molar-refractivity contribution in [2.75, 3.05) is 0 Å². The molecule has 0 aliphatic carbocycles. The average Bonchev–Trinajstić information content (AvgIpc) is 3.74. The Balaban J connectivity index is 0.972. The lowest BCUT2D eigenvalue weighted by molar-refractivity contribution is 1.18. The lowest BCUT2D eigenvalue weighted by atomic mass is 9.94. The van der Waals surface area contributed by atoms with Gasteiger partial charge in [-0.05, 0) is 68.1 Å². The smallest absolute Gasteiger partial charge is 0.160 e. The molecule has 61 heavy (non-hydrogen) atoms. The van der Waals surface area contributed by atoms with Crippen molar-refractivity contribution in [3.63, 3.8) is 0 Å². The predicted molar refractivity (Wildman–Crippen MR) is 258 cm³/mol. The minimum atomic E-state index is 0.689. The summed E-state index contributed by atoms with van der Waals surface area (Å²) in [6.07, 6.45) is 0.